The summed E-state index contributed by atoms with van der Waals surface area (Å²) in [7, 11) is 0. The number of aliphatic hydroxyl groups is 1. The van der Waals surface area contributed by atoms with Crippen LogP contribution in [0.15, 0.2) is 22.7 Å². The van der Waals surface area contributed by atoms with Crippen LogP contribution in [0.25, 0.3) is 10.9 Å². The molecule has 0 aliphatic carbocycles. The lowest BCUT2D eigenvalue weighted by Crippen LogP contribution is -1.97. The summed E-state index contributed by atoms with van der Waals surface area (Å²) < 4.78 is 1.01. The van der Waals surface area contributed by atoms with Gasteiger partial charge in [-0.2, -0.15) is 0 Å². The molecule has 0 aliphatic rings. The molecule has 0 atom stereocenters. The van der Waals surface area contributed by atoms with E-state index in [1.165, 1.54) is 0 Å². The monoisotopic (exact) mass is 252 g/mol. The summed E-state index contributed by atoms with van der Waals surface area (Å²) in [5.74, 6) is 0.470. The molecule has 0 saturated carbocycles. The highest BCUT2D eigenvalue weighted by molar-refractivity contribution is 9.10. The molecule has 0 unspecified atom stereocenters. The lowest BCUT2D eigenvalue weighted by molar-refractivity contribution is 0.271. The molecule has 14 heavy (non-hydrogen) atoms. The van der Waals surface area contributed by atoms with Crippen molar-refractivity contribution in [3.63, 3.8) is 0 Å². The number of nitrogens with zero attached hydrogens (tertiary/aromatic N) is 2. The smallest absolute Gasteiger partial charge is 0.154 e. The van der Waals surface area contributed by atoms with Crippen LogP contribution in [0.1, 0.15) is 11.5 Å². The van der Waals surface area contributed by atoms with Crippen molar-refractivity contribution in [1.82, 2.24) is 9.97 Å². The van der Waals surface area contributed by atoms with Crippen molar-refractivity contribution in [3.05, 3.63) is 34.2 Å². The second-order valence-corrected chi connectivity index (χ2v) is 3.96. The third-order valence-electron chi connectivity index (χ3n) is 2.04. The summed E-state index contributed by atoms with van der Waals surface area (Å²) in [6.45, 7) is 1.79. The Kier molecular flexibility index (Phi) is 2.48. The topological polar surface area (TPSA) is 46.0 Å². The van der Waals surface area contributed by atoms with Crippen LogP contribution in [0.4, 0.5) is 0 Å². The van der Waals surface area contributed by atoms with Crippen LogP contribution in [-0.2, 0) is 6.61 Å². The van der Waals surface area contributed by atoms with Gasteiger partial charge >= 0.3 is 0 Å². The third-order valence-corrected chi connectivity index (χ3v) is 2.53. The van der Waals surface area contributed by atoms with Gasteiger partial charge in [-0.1, -0.05) is 15.9 Å². The Labute approximate surface area is 89.9 Å². The average molecular weight is 253 g/mol. The first-order valence-corrected chi connectivity index (χ1v) is 5.03. The van der Waals surface area contributed by atoms with E-state index in [-0.39, 0.29) is 6.61 Å². The van der Waals surface area contributed by atoms with Gasteiger partial charge in [0.15, 0.2) is 5.82 Å². The molecule has 1 heterocycles. The Bertz CT molecular complexity index is 485. The van der Waals surface area contributed by atoms with Gasteiger partial charge in [0.05, 0.1) is 5.52 Å². The van der Waals surface area contributed by atoms with Gasteiger partial charge in [0.2, 0.25) is 0 Å². The standard InChI is InChI=1S/C10H9BrN2O/c1-6-8-4-7(11)2-3-9(8)13-10(5-14)12-6/h2-4,14H,5H2,1H3. The van der Waals surface area contributed by atoms with E-state index in [0.717, 1.165) is 21.1 Å². The number of rotatable bonds is 1. The van der Waals surface area contributed by atoms with Crippen LogP contribution in [0.5, 0.6) is 0 Å². The van der Waals surface area contributed by atoms with Crippen LogP contribution in [-0.4, -0.2) is 15.1 Å². The Hall–Kier alpha value is -1.000. The maximum Gasteiger partial charge on any atom is 0.154 e. The maximum absolute atomic E-state index is 8.94. The lowest BCUT2D eigenvalue weighted by Gasteiger charge is -2.03. The molecule has 0 amide bonds. The molecule has 1 aromatic heterocycles. The van der Waals surface area contributed by atoms with E-state index in [1.807, 2.05) is 25.1 Å². The zero-order chi connectivity index (χ0) is 10.1. The van der Waals surface area contributed by atoms with Gasteiger partial charge in [0.25, 0.3) is 0 Å². The molecular weight excluding hydrogens is 244 g/mol. The van der Waals surface area contributed by atoms with Crippen molar-refractivity contribution >= 4 is 26.8 Å². The molecule has 4 heteroatoms. The molecule has 2 aromatic rings. The van der Waals surface area contributed by atoms with Crippen LogP contribution in [0, 0.1) is 6.92 Å². The molecule has 0 saturated heterocycles. The normalized spacial score (nSPS) is 10.8. The predicted molar refractivity (Wildman–Crippen MR) is 57.9 cm³/mol. The number of hydrogen-bond donors (Lipinski definition) is 1. The number of fused-ring (bicyclic) bond motifs is 1. The summed E-state index contributed by atoms with van der Waals surface area (Å²) in [4.78, 5) is 8.39. The van der Waals surface area contributed by atoms with Gasteiger partial charge in [-0.15, -0.1) is 0 Å². The summed E-state index contributed by atoms with van der Waals surface area (Å²) in [5.41, 5.74) is 1.75. The van der Waals surface area contributed by atoms with Crippen molar-refractivity contribution in [3.8, 4) is 0 Å². The van der Waals surface area contributed by atoms with Crippen molar-refractivity contribution in [2.45, 2.75) is 13.5 Å². The average Bonchev–Trinajstić information content (AvgIpc) is 2.19. The number of benzene rings is 1. The molecule has 0 bridgehead atoms. The van der Waals surface area contributed by atoms with Crippen molar-refractivity contribution in [2.75, 3.05) is 0 Å². The fourth-order valence-electron chi connectivity index (χ4n) is 1.38. The van der Waals surface area contributed by atoms with E-state index in [9.17, 15) is 0 Å². The highest BCUT2D eigenvalue weighted by Gasteiger charge is 2.03. The van der Waals surface area contributed by atoms with E-state index >= 15 is 0 Å². The van der Waals surface area contributed by atoms with Crippen molar-refractivity contribution in [2.24, 2.45) is 0 Å². The first kappa shape index (κ1) is 9.55. The summed E-state index contributed by atoms with van der Waals surface area (Å²) in [6, 6.07) is 5.81. The third kappa shape index (κ3) is 1.63. The molecule has 3 nitrogen and oxygen atoms in total. The van der Waals surface area contributed by atoms with E-state index in [2.05, 4.69) is 25.9 Å². The van der Waals surface area contributed by atoms with E-state index < -0.39 is 0 Å². The van der Waals surface area contributed by atoms with Crippen LogP contribution < -0.4 is 0 Å². The summed E-state index contributed by atoms with van der Waals surface area (Å²) in [6.07, 6.45) is 0. The SMILES string of the molecule is Cc1nc(CO)nc2ccc(Br)cc12. The Morgan fingerprint density at radius 3 is 2.86 bits per heavy atom. The minimum atomic E-state index is -0.118. The minimum Gasteiger partial charge on any atom is -0.388 e. The van der Waals surface area contributed by atoms with Gasteiger partial charge in [0.1, 0.15) is 6.61 Å². The molecule has 0 fully saturated rings. The zero-order valence-corrected chi connectivity index (χ0v) is 9.24. The fourth-order valence-corrected chi connectivity index (χ4v) is 1.75. The maximum atomic E-state index is 8.94. The molecule has 0 spiro atoms. The molecule has 0 aliphatic heterocycles. The van der Waals surface area contributed by atoms with Gasteiger partial charge in [-0.3, -0.25) is 0 Å². The van der Waals surface area contributed by atoms with Crippen molar-refractivity contribution < 1.29 is 5.11 Å². The largest absolute Gasteiger partial charge is 0.388 e. The predicted octanol–water partition coefficient (Wildman–Crippen LogP) is 2.19. The molecule has 72 valence electrons. The van der Waals surface area contributed by atoms with Gasteiger partial charge in [0, 0.05) is 15.6 Å². The highest BCUT2D eigenvalue weighted by Crippen LogP contribution is 2.20. The highest BCUT2D eigenvalue weighted by atomic mass is 79.9. The number of aromatic nitrogens is 2. The van der Waals surface area contributed by atoms with Crippen molar-refractivity contribution in [1.29, 1.82) is 0 Å². The summed E-state index contributed by atoms with van der Waals surface area (Å²) in [5, 5.41) is 9.95. The fraction of sp³-hybridized carbons (Fsp3) is 0.200. The number of aliphatic hydroxyl groups excluding tert-OH is 1. The van der Waals surface area contributed by atoms with Crippen LogP contribution in [0.2, 0.25) is 0 Å². The molecule has 1 aromatic carbocycles. The first-order chi connectivity index (χ1) is 6.70. The zero-order valence-electron chi connectivity index (χ0n) is 7.66. The number of hydrogen-bond acceptors (Lipinski definition) is 3. The Morgan fingerprint density at radius 2 is 2.14 bits per heavy atom. The number of halogens is 1. The molecule has 1 N–H and O–H groups in total. The van der Waals surface area contributed by atoms with E-state index in [4.69, 9.17) is 5.11 Å². The van der Waals surface area contributed by atoms with Gasteiger partial charge in [-0.05, 0) is 25.1 Å². The summed E-state index contributed by atoms with van der Waals surface area (Å²) >= 11 is 3.40. The quantitative estimate of drug-likeness (QED) is 0.847. The minimum absolute atomic E-state index is 0.118. The first-order valence-electron chi connectivity index (χ1n) is 4.24. The van der Waals surface area contributed by atoms with Gasteiger partial charge < -0.3 is 5.11 Å². The number of aryl methyl sites for hydroxylation is 1. The Morgan fingerprint density at radius 1 is 1.36 bits per heavy atom. The molecule has 2 rings (SSSR count). The van der Waals surface area contributed by atoms with Gasteiger partial charge in [-0.25, -0.2) is 9.97 Å². The lowest BCUT2D eigenvalue weighted by atomic mass is 10.2. The van der Waals surface area contributed by atoms with E-state index in [0.29, 0.717) is 5.82 Å². The second kappa shape index (κ2) is 3.63. The van der Waals surface area contributed by atoms with Crippen LogP contribution >= 0.6 is 15.9 Å². The second-order valence-electron chi connectivity index (χ2n) is 3.04. The van der Waals surface area contributed by atoms with E-state index in [1.54, 1.807) is 0 Å². The van der Waals surface area contributed by atoms with Crippen LogP contribution in [0.3, 0.4) is 0 Å². The molecular formula is C10H9BrN2O. The molecule has 0 radical (unpaired) electrons. The Balaban J connectivity index is 2.76.